The van der Waals surface area contributed by atoms with Gasteiger partial charge < -0.3 is 14.8 Å². The molecule has 0 atom stereocenters. The zero-order chi connectivity index (χ0) is 21.9. The Balaban J connectivity index is 1.59. The Morgan fingerprint density at radius 3 is 2.37 bits per heavy atom. The third-order valence-electron chi connectivity index (χ3n) is 4.26. The number of ether oxygens (including phenoxy) is 2. The maximum absolute atomic E-state index is 13.0. The lowest BCUT2D eigenvalue weighted by atomic mass is 10.1. The fourth-order valence-electron chi connectivity index (χ4n) is 2.89. The molecule has 0 saturated carbocycles. The Morgan fingerprint density at radius 1 is 1.03 bits per heavy atom. The second kappa shape index (κ2) is 8.52. The van der Waals surface area contributed by atoms with Crippen LogP contribution in [0.4, 0.5) is 9.18 Å². The van der Waals surface area contributed by atoms with Crippen LogP contribution < -0.4 is 10.1 Å². The zero-order valence-electron chi connectivity index (χ0n) is 17.0. The van der Waals surface area contributed by atoms with Crippen LogP contribution in [0.1, 0.15) is 47.1 Å². The number of imide groups is 1. The van der Waals surface area contributed by atoms with Gasteiger partial charge in [-0.1, -0.05) is 12.1 Å². The number of hydrogen-bond donors (Lipinski definition) is 1. The highest BCUT2D eigenvalue weighted by Gasteiger charge is 2.35. The number of carbonyl (C=O) groups is 3. The molecule has 0 saturated heterocycles. The van der Waals surface area contributed by atoms with Crippen molar-refractivity contribution in [3.05, 3.63) is 65.0 Å². The summed E-state index contributed by atoms with van der Waals surface area (Å²) >= 11 is 0. The van der Waals surface area contributed by atoms with E-state index in [2.05, 4.69) is 5.32 Å². The number of carbonyl (C=O) groups excluding carboxylic acids is 3. The van der Waals surface area contributed by atoms with Gasteiger partial charge in [0.1, 0.15) is 23.8 Å². The molecule has 0 aliphatic carbocycles. The number of hydrogen-bond acceptors (Lipinski definition) is 5. The van der Waals surface area contributed by atoms with Crippen LogP contribution in [0, 0.1) is 5.82 Å². The maximum atomic E-state index is 13.0. The summed E-state index contributed by atoms with van der Waals surface area (Å²) in [6.45, 7) is 5.53. The molecule has 0 aromatic heterocycles. The molecule has 1 aliphatic heterocycles. The number of halogens is 1. The largest absolute Gasteiger partial charge is 0.489 e. The molecule has 30 heavy (non-hydrogen) atoms. The SMILES string of the molecule is CC(C)(C)OC(=O)NCCN1C(=O)c2ccc(OCc3ccc(F)cc3)cc2C1=O. The molecule has 7 nitrogen and oxygen atoms in total. The first-order valence-electron chi connectivity index (χ1n) is 9.48. The molecule has 1 aliphatic rings. The van der Waals surface area contributed by atoms with Gasteiger partial charge in [0.15, 0.2) is 0 Å². The molecule has 0 spiro atoms. The smallest absolute Gasteiger partial charge is 0.407 e. The van der Waals surface area contributed by atoms with Crippen LogP contribution >= 0.6 is 0 Å². The van der Waals surface area contributed by atoms with Crippen LogP contribution in [0.15, 0.2) is 42.5 Å². The Hall–Kier alpha value is -3.42. The van der Waals surface area contributed by atoms with Gasteiger partial charge in [-0.25, -0.2) is 9.18 Å². The van der Waals surface area contributed by atoms with E-state index >= 15 is 0 Å². The van der Waals surface area contributed by atoms with Crippen LogP contribution in [-0.2, 0) is 11.3 Å². The van der Waals surface area contributed by atoms with E-state index in [1.54, 1.807) is 39.0 Å². The molecular formula is C22H23FN2O5. The summed E-state index contributed by atoms with van der Waals surface area (Å²) in [4.78, 5) is 37.9. The van der Waals surface area contributed by atoms with Gasteiger partial charge in [0.2, 0.25) is 0 Å². The van der Waals surface area contributed by atoms with E-state index in [-0.39, 0.29) is 36.6 Å². The third-order valence-corrected chi connectivity index (χ3v) is 4.26. The van der Waals surface area contributed by atoms with Crippen molar-refractivity contribution < 1.29 is 28.2 Å². The van der Waals surface area contributed by atoms with Crippen LogP contribution in [-0.4, -0.2) is 41.5 Å². The standard InChI is InChI=1S/C22H23FN2O5/c1-22(2,3)30-21(28)24-10-11-25-19(26)17-9-8-16(12-18(17)20(25)27)29-13-14-4-6-15(23)7-5-14/h4-9,12H,10-11,13H2,1-3H3,(H,24,28). The second-order valence-electron chi connectivity index (χ2n) is 7.81. The van der Waals surface area contributed by atoms with Gasteiger partial charge in [-0.3, -0.25) is 14.5 Å². The van der Waals surface area contributed by atoms with E-state index < -0.39 is 23.5 Å². The molecule has 0 bridgehead atoms. The van der Waals surface area contributed by atoms with Gasteiger partial charge in [0.05, 0.1) is 11.1 Å². The Labute approximate surface area is 173 Å². The number of rotatable bonds is 6. The fourth-order valence-corrected chi connectivity index (χ4v) is 2.89. The highest BCUT2D eigenvalue weighted by Crippen LogP contribution is 2.27. The van der Waals surface area contributed by atoms with E-state index in [1.165, 1.54) is 24.3 Å². The summed E-state index contributed by atoms with van der Waals surface area (Å²) in [6, 6.07) is 10.6. The number of fused-ring (bicyclic) bond motifs is 1. The minimum absolute atomic E-state index is 0.0252. The Morgan fingerprint density at radius 2 is 1.70 bits per heavy atom. The van der Waals surface area contributed by atoms with Gasteiger partial charge in [-0.2, -0.15) is 0 Å². The molecular weight excluding hydrogens is 391 g/mol. The summed E-state index contributed by atoms with van der Waals surface area (Å²) in [6.07, 6.45) is -0.615. The highest BCUT2D eigenvalue weighted by atomic mass is 19.1. The number of nitrogens with zero attached hydrogens (tertiary/aromatic N) is 1. The monoisotopic (exact) mass is 414 g/mol. The first-order valence-corrected chi connectivity index (χ1v) is 9.48. The molecule has 3 rings (SSSR count). The first kappa shape index (κ1) is 21.3. The molecule has 2 aromatic rings. The predicted octanol–water partition coefficient (Wildman–Crippen LogP) is 3.53. The lowest BCUT2D eigenvalue weighted by Crippen LogP contribution is -2.40. The first-order chi connectivity index (χ1) is 14.1. The average Bonchev–Trinajstić information content (AvgIpc) is 2.90. The van der Waals surface area contributed by atoms with Crippen molar-refractivity contribution in [1.29, 1.82) is 0 Å². The third kappa shape index (κ3) is 5.14. The topological polar surface area (TPSA) is 84.9 Å². The maximum Gasteiger partial charge on any atom is 0.407 e. The van der Waals surface area contributed by atoms with Crippen LogP contribution in [0.3, 0.4) is 0 Å². The fraction of sp³-hybridized carbons (Fsp3) is 0.318. The molecule has 8 heteroatoms. The van der Waals surface area contributed by atoms with Crippen molar-refractivity contribution in [1.82, 2.24) is 10.2 Å². The number of amides is 3. The molecule has 158 valence electrons. The Kier molecular flexibility index (Phi) is 6.05. The predicted molar refractivity (Wildman–Crippen MR) is 107 cm³/mol. The highest BCUT2D eigenvalue weighted by molar-refractivity contribution is 6.21. The van der Waals surface area contributed by atoms with Crippen LogP contribution in [0.5, 0.6) is 5.75 Å². The Bertz CT molecular complexity index is 966. The summed E-state index contributed by atoms with van der Waals surface area (Å²) in [5.41, 5.74) is 0.665. The molecule has 3 amide bonds. The van der Waals surface area contributed by atoms with Crippen molar-refractivity contribution in [3.63, 3.8) is 0 Å². The molecule has 1 N–H and O–H groups in total. The van der Waals surface area contributed by atoms with E-state index in [0.29, 0.717) is 5.75 Å². The van der Waals surface area contributed by atoms with Crippen molar-refractivity contribution in [2.24, 2.45) is 0 Å². The quantitative estimate of drug-likeness (QED) is 0.731. The minimum Gasteiger partial charge on any atom is -0.489 e. The summed E-state index contributed by atoms with van der Waals surface area (Å²) in [7, 11) is 0. The minimum atomic E-state index is -0.635. The average molecular weight is 414 g/mol. The van der Waals surface area contributed by atoms with Crippen LogP contribution in [0.2, 0.25) is 0 Å². The van der Waals surface area contributed by atoms with E-state index in [9.17, 15) is 18.8 Å². The van der Waals surface area contributed by atoms with Gasteiger partial charge in [0.25, 0.3) is 11.8 Å². The zero-order valence-corrected chi connectivity index (χ0v) is 17.0. The summed E-state index contributed by atoms with van der Waals surface area (Å²) in [5, 5.41) is 2.53. The molecule has 1 heterocycles. The lowest BCUT2D eigenvalue weighted by molar-refractivity contribution is 0.0504. The van der Waals surface area contributed by atoms with Gasteiger partial charge in [0, 0.05) is 13.1 Å². The molecule has 0 unspecified atom stereocenters. The molecule has 2 aromatic carbocycles. The molecule has 0 radical (unpaired) electrons. The lowest BCUT2D eigenvalue weighted by Gasteiger charge is -2.20. The van der Waals surface area contributed by atoms with Crippen molar-refractivity contribution in [2.45, 2.75) is 33.0 Å². The van der Waals surface area contributed by atoms with Crippen molar-refractivity contribution >= 4 is 17.9 Å². The van der Waals surface area contributed by atoms with Gasteiger partial charge in [-0.15, -0.1) is 0 Å². The number of nitrogens with one attached hydrogen (secondary N) is 1. The van der Waals surface area contributed by atoms with Crippen LogP contribution in [0.25, 0.3) is 0 Å². The van der Waals surface area contributed by atoms with Crippen molar-refractivity contribution in [2.75, 3.05) is 13.1 Å². The van der Waals surface area contributed by atoms with E-state index in [1.807, 2.05) is 0 Å². The summed E-state index contributed by atoms with van der Waals surface area (Å²) < 4.78 is 23.8. The van der Waals surface area contributed by atoms with Gasteiger partial charge in [-0.05, 0) is 56.7 Å². The second-order valence-corrected chi connectivity index (χ2v) is 7.81. The number of benzene rings is 2. The summed E-state index contributed by atoms with van der Waals surface area (Å²) in [5.74, 6) is -0.783. The van der Waals surface area contributed by atoms with E-state index in [4.69, 9.17) is 9.47 Å². The number of alkyl carbamates (subject to hydrolysis) is 1. The molecule has 0 fully saturated rings. The normalized spacial score (nSPS) is 13.3. The van der Waals surface area contributed by atoms with Crippen molar-refractivity contribution in [3.8, 4) is 5.75 Å². The van der Waals surface area contributed by atoms with E-state index in [0.717, 1.165) is 10.5 Å². The van der Waals surface area contributed by atoms with Gasteiger partial charge >= 0.3 is 6.09 Å².